The molecule has 0 unspecified atom stereocenters. The second-order valence-electron chi connectivity index (χ2n) is 3.91. The number of anilines is 1. The molecule has 1 aromatic rings. The zero-order valence-corrected chi connectivity index (χ0v) is 10.2. The molecule has 1 atom stereocenters. The van der Waals surface area contributed by atoms with E-state index in [4.69, 9.17) is 15.9 Å². The van der Waals surface area contributed by atoms with E-state index >= 15 is 0 Å². The van der Waals surface area contributed by atoms with Gasteiger partial charge in [-0.25, -0.2) is 4.79 Å². The molecule has 102 valence electrons. The van der Waals surface area contributed by atoms with Gasteiger partial charge >= 0.3 is 5.97 Å². The fraction of sp³-hybridized carbons (Fsp3) is 0.231. The Bertz CT molecular complexity index is 468. The van der Waals surface area contributed by atoms with E-state index < -0.39 is 17.9 Å². The number of aliphatic hydroxyl groups excluding tert-OH is 1. The van der Waals surface area contributed by atoms with Crippen LogP contribution in [0.4, 0.5) is 5.69 Å². The number of hydrogen-bond donors (Lipinski definition) is 4. The standard InChI is InChI=1S/C13H16N2O4/c14-10-4-1-9(2-5-10)3-6-12(17)15-11(7-8-16)13(18)19/h1-6,11,16H,7-8,14H2,(H,15,17)(H,18,19)/b6-3+/t11-/m1/s1. The third-order valence-electron chi connectivity index (χ3n) is 2.40. The van der Waals surface area contributed by atoms with Gasteiger partial charge in [0.05, 0.1) is 0 Å². The van der Waals surface area contributed by atoms with Gasteiger partial charge in [-0.1, -0.05) is 12.1 Å². The fourth-order valence-electron chi connectivity index (χ4n) is 1.39. The van der Waals surface area contributed by atoms with Crippen molar-refractivity contribution in [1.82, 2.24) is 5.32 Å². The Morgan fingerprint density at radius 3 is 2.47 bits per heavy atom. The molecule has 0 saturated heterocycles. The molecule has 0 aliphatic rings. The molecule has 1 rings (SSSR count). The molecule has 0 saturated carbocycles. The van der Waals surface area contributed by atoms with E-state index in [1.54, 1.807) is 30.3 Å². The van der Waals surface area contributed by atoms with E-state index in [0.717, 1.165) is 5.56 Å². The smallest absolute Gasteiger partial charge is 0.326 e. The van der Waals surface area contributed by atoms with Gasteiger partial charge in [0.25, 0.3) is 0 Å². The van der Waals surface area contributed by atoms with Crippen LogP contribution in [0.3, 0.4) is 0 Å². The molecule has 6 heteroatoms. The highest BCUT2D eigenvalue weighted by Gasteiger charge is 2.17. The molecule has 19 heavy (non-hydrogen) atoms. The number of carboxylic acids is 1. The Labute approximate surface area is 110 Å². The van der Waals surface area contributed by atoms with Gasteiger partial charge in [-0.05, 0) is 23.8 Å². The Morgan fingerprint density at radius 1 is 1.32 bits per heavy atom. The number of hydrogen-bond acceptors (Lipinski definition) is 4. The lowest BCUT2D eigenvalue weighted by Crippen LogP contribution is -2.40. The van der Waals surface area contributed by atoms with Gasteiger partial charge < -0.3 is 21.3 Å². The Hall–Kier alpha value is -2.34. The maximum atomic E-state index is 11.5. The predicted molar refractivity (Wildman–Crippen MR) is 71.2 cm³/mol. The van der Waals surface area contributed by atoms with Crippen molar-refractivity contribution >= 4 is 23.6 Å². The number of amides is 1. The average molecular weight is 264 g/mol. The summed E-state index contributed by atoms with van der Waals surface area (Å²) >= 11 is 0. The maximum absolute atomic E-state index is 11.5. The third kappa shape index (κ3) is 5.22. The molecule has 0 aliphatic heterocycles. The predicted octanol–water partition coefficient (Wildman–Crippen LogP) is 0.234. The molecule has 5 N–H and O–H groups in total. The first-order valence-electron chi connectivity index (χ1n) is 5.70. The lowest BCUT2D eigenvalue weighted by Gasteiger charge is -2.11. The van der Waals surface area contributed by atoms with Crippen LogP contribution in [0.2, 0.25) is 0 Å². The molecule has 6 nitrogen and oxygen atoms in total. The van der Waals surface area contributed by atoms with Crippen molar-refractivity contribution in [3.63, 3.8) is 0 Å². The van der Waals surface area contributed by atoms with Gasteiger partial charge in [-0.15, -0.1) is 0 Å². The number of carbonyl (C=O) groups is 2. The highest BCUT2D eigenvalue weighted by molar-refractivity contribution is 5.94. The van der Waals surface area contributed by atoms with Crippen molar-refractivity contribution in [3.8, 4) is 0 Å². The average Bonchev–Trinajstić information content (AvgIpc) is 2.37. The van der Waals surface area contributed by atoms with Crippen LogP contribution in [-0.4, -0.2) is 34.7 Å². The van der Waals surface area contributed by atoms with Gasteiger partial charge in [0.2, 0.25) is 5.91 Å². The minimum Gasteiger partial charge on any atom is -0.480 e. The zero-order valence-electron chi connectivity index (χ0n) is 10.2. The second-order valence-corrected chi connectivity index (χ2v) is 3.91. The number of benzene rings is 1. The lowest BCUT2D eigenvalue weighted by atomic mass is 10.2. The van der Waals surface area contributed by atoms with E-state index in [1.165, 1.54) is 6.08 Å². The maximum Gasteiger partial charge on any atom is 0.326 e. The molecule has 0 radical (unpaired) electrons. The van der Waals surface area contributed by atoms with Crippen LogP contribution in [0, 0.1) is 0 Å². The molecule has 0 aromatic heterocycles. The first-order valence-corrected chi connectivity index (χ1v) is 5.70. The largest absolute Gasteiger partial charge is 0.480 e. The third-order valence-corrected chi connectivity index (χ3v) is 2.40. The van der Waals surface area contributed by atoms with Crippen molar-refractivity contribution in [1.29, 1.82) is 0 Å². The molecule has 1 amide bonds. The SMILES string of the molecule is Nc1ccc(/C=C/C(=O)N[C@H](CCO)C(=O)O)cc1. The Balaban J connectivity index is 2.58. The van der Waals surface area contributed by atoms with E-state index in [2.05, 4.69) is 5.32 Å². The highest BCUT2D eigenvalue weighted by atomic mass is 16.4. The van der Waals surface area contributed by atoms with E-state index in [1.807, 2.05) is 0 Å². The normalized spacial score (nSPS) is 12.3. The topological polar surface area (TPSA) is 113 Å². The minimum absolute atomic E-state index is 0.0310. The van der Waals surface area contributed by atoms with Crippen LogP contribution in [0.5, 0.6) is 0 Å². The summed E-state index contributed by atoms with van der Waals surface area (Å²) in [4.78, 5) is 22.3. The van der Waals surface area contributed by atoms with Crippen molar-refractivity contribution in [2.45, 2.75) is 12.5 Å². The molecule has 0 bridgehead atoms. The summed E-state index contributed by atoms with van der Waals surface area (Å²) in [5, 5.41) is 19.8. The van der Waals surface area contributed by atoms with Crippen molar-refractivity contribution in [2.24, 2.45) is 0 Å². The quantitative estimate of drug-likeness (QED) is 0.434. The number of nitrogens with two attached hydrogens (primary N) is 1. The summed E-state index contributed by atoms with van der Waals surface area (Å²) in [6, 6.07) is 5.78. The molecule has 0 aliphatic carbocycles. The minimum atomic E-state index is -1.18. The van der Waals surface area contributed by atoms with Crippen LogP contribution in [-0.2, 0) is 9.59 Å². The Morgan fingerprint density at radius 2 is 1.95 bits per heavy atom. The summed E-state index contributed by atoms with van der Waals surface area (Å²) in [6.45, 7) is -0.307. The number of carboxylic acid groups (broad SMARTS) is 1. The molecule has 0 fully saturated rings. The number of rotatable bonds is 6. The molecule has 0 spiro atoms. The molecular weight excluding hydrogens is 248 g/mol. The number of nitrogens with one attached hydrogen (secondary N) is 1. The van der Waals surface area contributed by atoms with Crippen LogP contribution in [0.25, 0.3) is 6.08 Å². The van der Waals surface area contributed by atoms with Crippen LogP contribution < -0.4 is 11.1 Å². The van der Waals surface area contributed by atoms with Crippen LogP contribution >= 0.6 is 0 Å². The summed E-state index contributed by atoms with van der Waals surface area (Å²) in [5.74, 6) is -1.71. The van der Waals surface area contributed by atoms with Crippen molar-refractivity contribution in [2.75, 3.05) is 12.3 Å². The highest BCUT2D eigenvalue weighted by Crippen LogP contribution is 2.06. The summed E-state index contributed by atoms with van der Waals surface area (Å²) in [5.41, 5.74) is 6.92. The molecule has 0 heterocycles. The van der Waals surface area contributed by atoms with Gasteiger partial charge in [0.1, 0.15) is 6.04 Å². The van der Waals surface area contributed by atoms with Crippen LogP contribution in [0.15, 0.2) is 30.3 Å². The van der Waals surface area contributed by atoms with Gasteiger partial charge in [0.15, 0.2) is 0 Å². The molecule has 1 aromatic carbocycles. The van der Waals surface area contributed by atoms with E-state index in [9.17, 15) is 9.59 Å². The van der Waals surface area contributed by atoms with Crippen LogP contribution in [0.1, 0.15) is 12.0 Å². The number of aliphatic hydroxyl groups is 1. The van der Waals surface area contributed by atoms with Gasteiger partial charge in [0, 0.05) is 24.8 Å². The Kier molecular flexibility index (Phi) is 5.56. The van der Waals surface area contributed by atoms with E-state index in [-0.39, 0.29) is 13.0 Å². The molecular formula is C13H16N2O4. The van der Waals surface area contributed by atoms with Crippen molar-refractivity contribution in [3.05, 3.63) is 35.9 Å². The number of nitrogen functional groups attached to an aromatic ring is 1. The summed E-state index contributed by atoms with van der Waals surface area (Å²) in [7, 11) is 0. The van der Waals surface area contributed by atoms with E-state index in [0.29, 0.717) is 5.69 Å². The van der Waals surface area contributed by atoms with Gasteiger partial charge in [-0.2, -0.15) is 0 Å². The second kappa shape index (κ2) is 7.17. The fourth-order valence-corrected chi connectivity index (χ4v) is 1.39. The summed E-state index contributed by atoms with van der Waals surface area (Å²) < 4.78 is 0. The number of aliphatic carboxylic acids is 1. The first-order chi connectivity index (χ1) is 9.02. The lowest BCUT2D eigenvalue weighted by molar-refractivity contribution is -0.141. The zero-order chi connectivity index (χ0) is 14.3. The first kappa shape index (κ1) is 14.7. The van der Waals surface area contributed by atoms with Gasteiger partial charge in [-0.3, -0.25) is 4.79 Å². The summed E-state index contributed by atoms with van der Waals surface area (Å²) in [6.07, 6.45) is 2.75. The monoisotopic (exact) mass is 264 g/mol. The number of carbonyl (C=O) groups excluding carboxylic acids is 1. The van der Waals surface area contributed by atoms with Crippen molar-refractivity contribution < 1.29 is 19.8 Å².